The second kappa shape index (κ2) is 9.94. The molecule has 7 heteroatoms. The summed E-state index contributed by atoms with van der Waals surface area (Å²) in [5.41, 5.74) is 1.30. The Morgan fingerprint density at radius 3 is 2.33 bits per heavy atom. The summed E-state index contributed by atoms with van der Waals surface area (Å²) in [6.45, 7) is 5.77. The maximum atomic E-state index is 12.3. The number of nitrogens with one attached hydrogen (secondary N) is 2. The summed E-state index contributed by atoms with van der Waals surface area (Å²) in [6, 6.07) is 10.2. The van der Waals surface area contributed by atoms with E-state index in [-0.39, 0.29) is 17.9 Å². The van der Waals surface area contributed by atoms with Crippen molar-refractivity contribution in [1.82, 2.24) is 10.0 Å². The van der Waals surface area contributed by atoms with Gasteiger partial charge in [-0.2, -0.15) is 11.8 Å². The van der Waals surface area contributed by atoms with Gasteiger partial charge in [-0.3, -0.25) is 4.79 Å². The number of thioether (sulfide) groups is 1. The zero-order valence-corrected chi connectivity index (χ0v) is 18.2. The van der Waals surface area contributed by atoms with Gasteiger partial charge in [-0.15, -0.1) is 0 Å². The fourth-order valence-corrected chi connectivity index (χ4v) is 4.87. The normalized spacial score (nSPS) is 21.0. The fourth-order valence-electron chi connectivity index (χ4n) is 3.02. The van der Waals surface area contributed by atoms with Gasteiger partial charge in [0.05, 0.1) is 4.75 Å². The van der Waals surface area contributed by atoms with Crippen molar-refractivity contribution >= 4 is 27.7 Å². The van der Waals surface area contributed by atoms with E-state index in [0.717, 1.165) is 37.2 Å². The van der Waals surface area contributed by atoms with Gasteiger partial charge in [-0.05, 0) is 52.0 Å². The zero-order chi connectivity index (χ0) is 19.9. The molecule has 27 heavy (non-hydrogen) atoms. The van der Waals surface area contributed by atoms with Crippen LogP contribution in [-0.2, 0) is 20.6 Å². The monoisotopic (exact) mass is 412 g/mol. The third kappa shape index (κ3) is 7.12. The minimum atomic E-state index is -3.33. The Morgan fingerprint density at radius 2 is 1.74 bits per heavy atom. The largest absolute Gasteiger partial charge is 0.355 e. The molecule has 0 atom stereocenters. The Bertz CT molecular complexity index is 692. The zero-order valence-electron chi connectivity index (χ0n) is 16.5. The van der Waals surface area contributed by atoms with Gasteiger partial charge in [0.15, 0.2) is 0 Å². The summed E-state index contributed by atoms with van der Waals surface area (Å²) >= 11 is 1.81. The maximum Gasteiger partial charge on any atom is 0.223 e. The molecule has 2 rings (SSSR count). The molecule has 1 aromatic rings. The van der Waals surface area contributed by atoms with Crippen LogP contribution in [-0.4, -0.2) is 37.4 Å². The molecule has 1 amide bonds. The van der Waals surface area contributed by atoms with Crippen molar-refractivity contribution in [1.29, 1.82) is 0 Å². The van der Waals surface area contributed by atoms with E-state index in [1.165, 1.54) is 5.56 Å². The van der Waals surface area contributed by atoms with Crippen molar-refractivity contribution in [2.24, 2.45) is 5.92 Å². The minimum absolute atomic E-state index is 0.000450. The molecule has 152 valence electrons. The summed E-state index contributed by atoms with van der Waals surface area (Å²) in [5, 5.41) is 3.03. The van der Waals surface area contributed by atoms with Crippen LogP contribution in [0.15, 0.2) is 30.3 Å². The highest BCUT2D eigenvalue weighted by Gasteiger charge is 2.33. The average molecular weight is 413 g/mol. The molecule has 1 aromatic carbocycles. The molecule has 5 nitrogen and oxygen atoms in total. The van der Waals surface area contributed by atoms with Crippen LogP contribution >= 0.6 is 11.8 Å². The van der Waals surface area contributed by atoms with Gasteiger partial charge in [0.1, 0.15) is 0 Å². The van der Waals surface area contributed by atoms with Crippen LogP contribution in [0.3, 0.4) is 0 Å². The van der Waals surface area contributed by atoms with Crippen molar-refractivity contribution in [2.75, 3.05) is 12.3 Å². The Kier molecular flexibility index (Phi) is 8.19. The summed E-state index contributed by atoms with van der Waals surface area (Å²) in [6.07, 6.45) is 2.91. The summed E-state index contributed by atoms with van der Waals surface area (Å²) in [5.74, 6) is 1.95. The number of hydrogen-bond acceptors (Lipinski definition) is 4. The molecule has 2 N–H and O–H groups in total. The van der Waals surface area contributed by atoms with Gasteiger partial charge in [0.2, 0.25) is 15.9 Å². The molecular formula is C20H32N2O3S2. The Hall–Kier alpha value is -1.05. The lowest BCUT2D eigenvalue weighted by atomic mass is 9.86. The number of rotatable bonds is 8. The van der Waals surface area contributed by atoms with Gasteiger partial charge in [0.25, 0.3) is 0 Å². The minimum Gasteiger partial charge on any atom is -0.355 e. The first-order valence-electron chi connectivity index (χ1n) is 9.60. The third-order valence-corrected chi connectivity index (χ3v) is 8.17. The van der Waals surface area contributed by atoms with Gasteiger partial charge in [0, 0.05) is 30.0 Å². The molecule has 0 spiro atoms. The molecule has 1 saturated carbocycles. The highest BCUT2D eigenvalue weighted by atomic mass is 32.2. The maximum absolute atomic E-state index is 12.3. The van der Waals surface area contributed by atoms with Crippen molar-refractivity contribution in [3.05, 3.63) is 35.9 Å². The van der Waals surface area contributed by atoms with Gasteiger partial charge in [-0.25, -0.2) is 13.1 Å². The molecule has 0 radical (unpaired) electrons. The van der Waals surface area contributed by atoms with E-state index in [4.69, 9.17) is 0 Å². The molecule has 0 bridgehead atoms. The van der Waals surface area contributed by atoms with Crippen LogP contribution in [0.2, 0.25) is 0 Å². The van der Waals surface area contributed by atoms with Gasteiger partial charge < -0.3 is 5.32 Å². The quantitative estimate of drug-likeness (QED) is 0.642. The number of hydrogen-bond donors (Lipinski definition) is 2. The van der Waals surface area contributed by atoms with Crippen molar-refractivity contribution in [3.8, 4) is 0 Å². The Balaban J connectivity index is 1.63. The number of carbonyl (C=O) groups excluding carboxylic acids is 1. The first kappa shape index (κ1) is 22.2. The predicted molar refractivity (Wildman–Crippen MR) is 113 cm³/mol. The van der Waals surface area contributed by atoms with Crippen molar-refractivity contribution < 1.29 is 13.2 Å². The van der Waals surface area contributed by atoms with Crippen molar-refractivity contribution in [2.45, 2.75) is 63.0 Å². The lowest BCUT2D eigenvalue weighted by molar-refractivity contribution is -0.125. The first-order valence-corrected chi connectivity index (χ1v) is 12.2. The molecule has 1 aliphatic rings. The second-order valence-electron chi connectivity index (χ2n) is 8.11. The standard InChI is InChI=1S/C20H32N2O3S2/c1-20(2,3)27(24,25)22-18-11-9-17(10-12-18)19(23)21-13-14-26-15-16-7-5-4-6-8-16/h4-8,17-18,22H,9-15H2,1-3H3,(H,21,23)/t17-,18-. The van der Waals surface area contributed by atoms with Crippen LogP contribution in [0, 0.1) is 5.92 Å². The molecule has 1 aliphatic carbocycles. The summed E-state index contributed by atoms with van der Waals surface area (Å²) < 4.78 is 26.5. The molecule has 0 aromatic heterocycles. The first-order chi connectivity index (χ1) is 12.7. The second-order valence-corrected chi connectivity index (χ2v) is 11.7. The summed E-state index contributed by atoms with van der Waals surface area (Å²) in [4.78, 5) is 12.3. The SMILES string of the molecule is CC(C)(C)S(=O)(=O)N[C@H]1CC[C@H](C(=O)NCCSCc2ccccc2)CC1. The fraction of sp³-hybridized carbons (Fsp3) is 0.650. The van der Waals surface area contributed by atoms with E-state index < -0.39 is 14.8 Å². The Labute approximate surface area is 168 Å². The highest BCUT2D eigenvalue weighted by molar-refractivity contribution is 7.98. The number of benzene rings is 1. The van der Waals surface area contributed by atoms with E-state index in [0.29, 0.717) is 6.54 Å². The number of amides is 1. The summed E-state index contributed by atoms with van der Waals surface area (Å²) in [7, 11) is -3.33. The van der Waals surface area contributed by atoms with Crippen LogP contribution in [0.4, 0.5) is 0 Å². The lowest BCUT2D eigenvalue weighted by Crippen LogP contribution is -2.46. The van der Waals surface area contributed by atoms with Crippen LogP contribution < -0.4 is 10.0 Å². The lowest BCUT2D eigenvalue weighted by Gasteiger charge is -2.30. The average Bonchev–Trinajstić information content (AvgIpc) is 2.61. The topological polar surface area (TPSA) is 75.3 Å². The van der Waals surface area contributed by atoms with E-state index >= 15 is 0 Å². The molecule has 1 fully saturated rings. The smallest absolute Gasteiger partial charge is 0.223 e. The highest BCUT2D eigenvalue weighted by Crippen LogP contribution is 2.26. The van der Waals surface area contributed by atoms with Crippen LogP contribution in [0.25, 0.3) is 0 Å². The predicted octanol–water partition coefficient (Wildman–Crippen LogP) is 3.31. The molecule has 0 saturated heterocycles. The molecule has 0 unspecified atom stereocenters. The number of carbonyl (C=O) groups is 1. The van der Waals surface area contributed by atoms with Crippen molar-refractivity contribution in [3.63, 3.8) is 0 Å². The van der Waals surface area contributed by atoms with E-state index in [1.54, 1.807) is 20.8 Å². The van der Waals surface area contributed by atoms with E-state index in [1.807, 2.05) is 30.0 Å². The molecule has 0 aliphatic heterocycles. The number of sulfonamides is 1. The van der Waals surface area contributed by atoms with Gasteiger partial charge in [-0.1, -0.05) is 30.3 Å². The van der Waals surface area contributed by atoms with Crippen LogP contribution in [0.1, 0.15) is 52.0 Å². The molecular weight excluding hydrogens is 380 g/mol. The van der Waals surface area contributed by atoms with E-state index in [9.17, 15) is 13.2 Å². The third-order valence-electron chi connectivity index (χ3n) is 4.88. The van der Waals surface area contributed by atoms with Gasteiger partial charge >= 0.3 is 0 Å². The molecule has 0 heterocycles. The Morgan fingerprint density at radius 1 is 1.11 bits per heavy atom. The van der Waals surface area contributed by atoms with E-state index in [2.05, 4.69) is 22.2 Å². The van der Waals surface area contributed by atoms with Crippen LogP contribution in [0.5, 0.6) is 0 Å².